The summed E-state index contributed by atoms with van der Waals surface area (Å²) in [6, 6.07) is 47.8. The molecule has 7 aliphatic heterocycles. The lowest BCUT2D eigenvalue weighted by Crippen LogP contribution is -2.03. The van der Waals surface area contributed by atoms with E-state index in [2.05, 4.69) is 84.9 Å². The summed E-state index contributed by atoms with van der Waals surface area (Å²) in [5, 5.41) is -0.455. The molecule has 10 bridgehead atoms. The Morgan fingerprint density at radius 3 is 1.20 bits per heavy atom. The second kappa shape index (κ2) is 15.9. The van der Waals surface area contributed by atoms with Crippen molar-refractivity contribution in [2.75, 3.05) is 0 Å². The lowest BCUT2D eigenvalue weighted by atomic mass is 9.92. The van der Waals surface area contributed by atoms with Crippen molar-refractivity contribution in [2.45, 2.75) is 36.2 Å². The summed E-state index contributed by atoms with van der Waals surface area (Å²) < 4.78 is 12.4. The van der Waals surface area contributed by atoms with Crippen molar-refractivity contribution in [3.05, 3.63) is 178 Å². The van der Waals surface area contributed by atoms with Crippen molar-refractivity contribution < 1.29 is 14.3 Å². The first-order chi connectivity index (χ1) is 24.1. The van der Waals surface area contributed by atoms with Crippen LogP contribution < -0.4 is 9.47 Å². The highest BCUT2D eigenvalue weighted by molar-refractivity contribution is 7.97. The van der Waals surface area contributed by atoms with E-state index in [4.69, 9.17) is 21.1 Å². The monoisotopic (exact) mass is 698 g/mol. The predicted molar refractivity (Wildman–Crippen MR) is 205 cm³/mol. The first kappa shape index (κ1) is 33.1. The number of carbonyl (C=O) groups excluding carboxylic acids is 1. The molecule has 0 saturated heterocycles. The Morgan fingerprint density at radius 1 is 0.469 bits per heavy atom. The number of thioether (sulfide) groups is 2. The van der Waals surface area contributed by atoms with E-state index in [1.165, 1.54) is 22.3 Å². The molecular formula is C43H35ClO3S2. The molecule has 0 fully saturated rings. The second-order valence-electron chi connectivity index (χ2n) is 12.0. The summed E-state index contributed by atoms with van der Waals surface area (Å²) in [4.78, 5) is 12.8. The average molecular weight is 699 g/mol. The van der Waals surface area contributed by atoms with Crippen LogP contribution in [0.4, 0.5) is 0 Å². The van der Waals surface area contributed by atoms with Gasteiger partial charge in [0.1, 0.15) is 24.7 Å². The fourth-order valence-electron chi connectivity index (χ4n) is 5.90. The zero-order valence-corrected chi connectivity index (χ0v) is 29.3. The molecular weight excluding hydrogens is 664 g/mol. The van der Waals surface area contributed by atoms with Crippen LogP contribution in [0.15, 0.2) is 140 Å². The normalized spacial score (nSPS) is 13.6. The maximum Gasteiger partial charge on any atom is 0.253 e. The lowest BCUT2D eigenvalue weighted by molar-refractivity contribution is 0.108. The van der Waals surface area contributed by atoms with Crippen LogP contribution in [0.3, 0.4) is 0 Å². The second-order valence-corrected chi connectivity index (χ2v) is 14.3. The Labute approximate surface area is 301 Å². The van der Waals surface area contributed by atoms with Crippen LogP contribution in [0, 0.1) is 0 Å². The summed E-state index contributed by atoms with van der Waals surface area (Å²) in [7, 11) is 0. The van der Waals surface area contributed by atoms with Gasteiger partial charge >= 0.3 is 0 Å². The molecule has 7 heterocycles. The number of rotatable bonds is 1. The van der Waals surface area contributed by atoms with Crippen molar-refractivity contribution in [1.82, 2.24) is 0 Å². The Kier molecular flexibility index (Phi) is 10.7. The van der Waals surface area contributed by atoms with Gasteiger partial charge in [-0.1, -0.05) is 115 Å². The van der Waals surface area contributed by atoms with Gasteiger partial charge in [-0.05, 0) is 91.5 Å². The van der Waals surface area contributed by atoms with Crippen molar-refractivity contribution in [3.8, 4) is 33.8 Å². The third-order valence-electron chi connectivity index (χ3n) is 8.62. The molecule has 244 valence electrons. The lowest BCUT2D eigenvalue weighted by Gasteiger charge is -2.14. The Hall–Kier alpha value is -4.42. The Bertz CT molecular complexity index is 1890. The van der Waals surface area contributed by atoms with Gasteiger partial charge in [0.05, 0.1) is 0 Å². The van der Waals surface area contributed by atoms with Gasteiger partial charge in [-0.2, -0.15) is 23.5 Å². The van der Waals surface area contributed by atoms with Gasteiger partial charge in [0.2, 0.25) is 0 Å². The molecule has 0 aliphatic carbocycles. The van der Waals surface area contributed by atoms with Crippen LogP contribution in [-0.4, -0.2) is 5.24 Å². The number of ether oxygens (including phenoxy) is 2. The minimum Gasteiger partial charge on any atom is -0.489 e. The summed E-state index contributed by atoms with van der Waals surface area (Å²) in [5.41, 5.74) is 11.3. The molecule has 6 aromatic carbocycles. The van der Waals surface area contributed by atoms with Crippen LogP contribution in [0.2, 0.25) is 0 Å². The predicted octanol–water partition coefficient (Wildman–Crippen LogP) is 11.7. The van der Waals surface area contributed by atoms with Gasteiger partial charge in [-0.15, -0.1) is 0 Å². The summed E-state index contributed by atoms with van der Waals surface area (Å²) in [6.07, 6.45) is 0. The molecule has 3 nitrogen and oxygen atoms in total. The maximum atomic E-state index is 12.8. The smallest absolute Gasteiger partial charge is 0.253 e. The van der Waals surface area contributed by atoms with Crippen molar-refractivity contribution in [2.24, 2.45) is 0 Å². The van der Waals surface area contributed by atoms with E-state index in [1.54, 1.807) is 0 Å². The number of benzene rings is 6. The summed E-state index contributed by atoms with van der Waals surface area (Å²) in [5.74, 6) is 5.25. The molecule has 13 rings (SSSR count). The van der Waals surface area contributed by atoms with E-state index in [1.807, 2.05) is 78.1 Å². The van der Waals surface area contributed by atoms with Gasteiger partial charge in [0, 0.05) is 28.6 Å². The van der Waals surface area contributed by atoms with Gasteiger partial charge in [0.25, 0.3) is 5.24 Å². The SMILES string of the molecule is O=C(Cl)c1c2cccc1-c1ccc(cc1)CSCc1ccc(cc1)OCc1ccccc1COc1ccc(cc1)CSCc1ccc-2cc1. The van der Waals surface area contributed by atoms with Crippen LogP contribution in [0.1, 0.15) is 43.7 Å². The van der Waals surface area contributed by atoms with E-state index < -0.39 is 5.24 Å². The van der Waals surface area contributed by atoms with E-state index in [0.29, 0.717) is 18.8 Å². The molecule has 6 aromatic rings. The molecule has 0 atom stereocenters. The Morgan fingerprint density at radius 2 is 0.837 bits per heavy atom. The van der Waals surface area contributed by atoms with Crippen LogP contribution in [0.25, 0.3) is 22.3 Å². The molecule has 0 aromatic heterocycles. The third-order valence-corrected chi connectivity index (χ3v) is 11.0. The standard InChI is InChI=1S/C43H35ClO3S2/c44-43(45)42-40-6-3-7-41(42)35-18-10-31(11-19-35)27-49-29-33-14-22-39(23-15-33)47-25-37-5-2-1-4-36(37)24-46-38-20-12-32(13-21-38)28-48-26-30-8-16-34(40)17-9-30/h1-23H,24-29H2. The minimum atomic E-state index is -0.455. The summed E-state index contributed by atoms with van der Waals surface area (Å²) >= 11 is 9.98. The van der Waals surface area contributed by atoms with Crippen molar-refractivity contribution >= 4 is 40.4 Å². The average Bonchev–Trinajstić information content (AvgIpc) is 3.14. The fourth-order valence-corrected chi connectivity index (χ4v) is 8.03. The molecule has 6 heteroatoms. The molecule has 49 heavy (non-hydrogen) atoms. The van der Waals surface area contributed by atoms with Gasteiger partial charge in [-0.3, -0.25) is 4.79 Å². The fraction of sp³-hybridized carbons (Fsp3) is 0.140. The van der Waals surface area contributed by atoms with E-state index in [0.717, 1.165) is 67.9 Å². The Balaban J connectivity index is 1.14. The highest BCUT2D eigenvalue weighted by atomic mass is 35.5. The van der Waals surface area contributed by atoms with E-state index >= 15 is 0 Å². The topological polar surface area (TPSA) is 35.5 Å². The molecule has 0 unspecified atom stereocenters. The zero-order valence-electron chi connectivity index (χ0n) is 26.9. The largest absolute Gasteiger partial charge is 0.489 e. The van der Waals surface area contributed by atoms with Gasteiger partial charge in [-0.25, -0.2) is 0 Å². The van der Waals surface area contributed by atoms with Crippen LogP contribution >= 0.6 is 35.1 Å². The van der Waals surface area contributed by atoms with Gasteiger partial charge in [0.15, 0.2) is 0 Å². The van der Waals surface area contributed by atoms with E-state index in [-0.39, 0.29) is 0 Å². The quantitative estimate of drug-likeness (QED) is 0.160. The van der Waals surface area contributed by atoms with Crippen LogP contribution in [-0.2, 0) is 36.2 Å². The highest BCUT2D eigenvalue weighted by Gasteiger charge is 2.17. The molecule has 0 radical (unpaired) electrons. The first-order valence-corrected chi connectivity index (χ1v) is 18.9. The third kappa shape index (κ3) is 8.42. The summed E-state index contributed by atoms with van der Waals surface area (Å²) in [6.45, 7) is 0.959. The molecule has 0 spiro atoms. The first-order valence-electron chi connectivity index (χ1n) is 16.3. The number of halogens is 1. The minimum absolute atomic E-state index is 0.455. The zero-order chi connectivity index (χ0) is 33.4. The maximum absolute atomic E-state index is 12.8. The van der Waals surface area contributed by atoms with Gasteiger partial charge < -0.3 is 9.47 Å². The molecule has 0 N–H and O–H groups in total. The number of hydrogen-bond donors (Lipinski definition) is 0. The highest BCUT2D eigenvalue weighted by Crippen LogP contribution is 2.35. The molecule has 0 saturated carbocycles. The number of carbonyl (C=O) groups is 1. The van der Waals surface area contributed by atoms with Crippen molar-refractivity contribution in [3.63, 3.8) is 0 Å². The molecule has 7 aliphatic rings. The van der Waals surface area contributed by atoms with Crippen LogP contribution in [0.5, 0.6) is 11.5 Å². The molecule has 0 amide bonds. The van der Waals surface area contributed by atoms with Crippen molar-refractivity contribution in [1.29, 1.82) is 0 Å². The number of hydrogen-bond acceptors (Lipinski definition) is 5. The van der Waals surface area contributed by atoms with E-state index in [9.17, 15) is 4.79 Å².